The minimum Gasteiger partial charge on any atom is -0.481 e. The molecule has 0 unspecified atom stereocenters. The molecule has 26 heavy (non-hydrogen) atoms. The van der Waals surface area contributed by atoms with Gasteiger partial charge in [-0.25, -0.2) is 8.78 Å². The zero-order valence-corrected chi connectivity index (χ0v) is 15.4. The van der Waals surface area contributed by atoms with Crippen molar-refractivity contribution < 1.29 is 13.5 Å². The Labute approximate surface area is 156 Å². The Bertz CT molecular complexity index is 910. The molecule has 1 aliphatic rings. The quantitative estimate of drug-likeness (QED) is 0.477. The van der Waals surface area contributed by atoms with Crippen LogP contribution in [-0.4, -0.2) is 6.10 Å². The van der Waals surface area contributed by atoms with E-state index in [0.29, 0.717) is 10.4 Å². The number of benzene rings is 2. The average Bonchev–Trinajstić information content (AvgIpc) is 3.09. The van der Waals surface area contributed by atoms with Crippen LogP contribution >= 0.6 is 11.3 Å². The van der Waals surface area contributed by atoms with E-state index in [9.17, 15) is 8.78 Å². The molecule has 1 heterocycles. The molecule has 0 spiro atoms. The maximum Gasteiger partial charge on any atom is 0.174 e. The lowest BCUT2D eigenvalue weighted by atomic mass is 9.96. The first-order chi connectivity index (χ1) is 12.7. The summed E-state index contributed by atoms with van der Waals surface area (Å²) >= 11 is 1.36. The number of rotatable bonds is 5. The fraction of sp³-hybridized carbons (Fsp3) is 0.273. The molecule has 0 atom stereocenters. The monoisotopic (exact) mass is 370 g/mol. The van der Waals surface area contributed by atoms with E-state index in [4.69, 9.17) is 4.74 Å². The van der Waals surface area contributed by atoms with Gasteiger partial charge in [-0.1, -0.05) is 48.6 Å². The molecule has 0 saturated heterocycles. The molecule has 0 amide bonds. The summed E-state index contributed by atoms with van der Waals surface area (Å²) in [4.78, 5) is 0.684. The fourth-order valence-corrected chi connectivity index (χ4v) is 4.00. The van der Waals surface area contributed by atoms with Crippen LogP contribution in [0.5, 0.6) is 5.06 Å². The van der Waals surface area contributed by atoms with E-state index < -0.39 is 11.6 Å². The van der Waals surface area contributed by atoms with Crippen LogP contribution in [0.15, 0.2) is 48.5 Å². The van der Waals surface area contributed by atoms with Crippen LogP contribution in [0.1, 0.15) is 31.7 Å². The zero-order chi connectivity index (χ0) is 18.1. The smallest absolute Gasteiger partial charge is 0.174 e. The van der Waals surface area contributed by atoms with Crippen molar-refractivity contribution in [3.05, 3.63) is 65.7 Å². The Balaban J connectivity index is 1.62. The van der Waals surface area contributed by atoms with Crippen molar-refractivity contribution >= 4 is 11.3 Å². The van der Waals surface area contributed by atoms with Gasteiger partial charge in [0.15, 0.2) is 16.7 Å². The normalized spacial score (nSPS) is 14.3. The molecule has 0 radical (unpaired) electrons. The first kappa shape index (κ1) is 17.2. The summed E-state index contributed by atoms with van der Waals surface area (Å²) in [5.74, 6) is -1.61. The standard InChI is InChI=1S/C22H20F2OS/c1-2-14-6-8-15(9-7-14)17-10-11-18(22(24)21(17)23)19-12-13-20(26-19)25-16-4-3-5-16/h6-13,16H,2-5H2,1H3. The van der Waals surface area contributed by atoms with Gasteiger partial charge in [-0.2, -0.15) is 0 Å². The molecule has 2 aromatic carbocycles. The van der Waals surface area contributed by atoms with Crippen LogP contribution < -0.4 is 4.74 Å². The number of thiophene rings is 1. The van der Waals surface area contributed by atoms with Crippen LogP contribution in [0.3, 0.4) is 0 Å². The SMILES string of the molecule is CCc1ccc(-c2ccc(-c3ccc(OC4CCC4)s3)c(F)c2F)cc1. The van der Waals surface area contributed by atoms with Gasteiger partial charge in [0.25, 0.3) is 0 Å². The van der Waals surface area contributed by atoms with Crippen molar-refractivity contribution in [1.29, 1.82) is 0 Å². The molecule has 4 rings (SSSR count). The molecule has 1 nitrogen and oxygen atoms in total. The van der Waals surface area contributed by atoms with Gasteiger partial charge in [0.05, 0.1) is 6.10 Å². The Hall–Kier alpha value is -2.20. The molecule has 0 bridgehead atoms. The lowest BCUT2D eigenvalue weighted by molar-refractivity contribution is 0.125. The second-order valence-electron chi connectivity index (χ2n) is 6.63. The summed E-state index contributed by atoms with van der Waals surface area (Å²) in [6.45, 7) is 2.06. The molecule has 134 valence electrons. The Morgan fingerprint density at radius 3 is 2.27 bits per heavy atom. The van der Waals surface area contributed by atoms with Gasteiger partial charge in [-0.15, -0.1) is 0 Å². The molecular weight excluding hydrogens is 350 g/mol. The number of aryl methyl sites for hydroxylation is 1. The third-order valence-electron chi connectivity index (χ3n) is 4.94. The Morgan fingerprint density at radius 2 is 1.62 bits per heavy atom. The van der Waals surface area contributed by atoms with Crippen molar-refractivity contribution in [1.82, 2.24) is 0 Å². The second-order valence-corrected chi connectivity index (χ2v) is 7.67. The van der Waals surface area contributed by atoms with Gasteiger partial charge in [0.1, 0.15) is 0 Å². The lowest BCUT2D eigenvalue weighted by Gasteiger charge is -2.25. The summed E-state index contributed by atoms with van der Waals surface area (Å²) in [5, 5.41) is 0.767. The van der Waals surface area contributed by atoms with E-state index in [-0.39, 0.29) is 17.2 Å². The number of hydrogen-bond acceptors (Lipinski definition) is 2. The van der Waals surface area contributed by atoms with Crippen molar-refractivity contribution in [3.8, 4) is 26.6 Å². The van der Waals surface area contributed by atoms with Crippen LogP contribution in [0.25, 0.3) is 21.6 Å². The van der Waals surface area contributed by atoms with Gasteiger partial charge >= 0.3 is 0 Å². The molecule has 1 fully saturated rings. The highest BCUT2D eigenvalue weighted by atomic mass is 32.1. The van der Waals surface area contributed by atoms with Crippen LogP contribution in [0, 0.1) is 11.6 Å². The number of halogens is 2. The lowest BCUT2D eigenvalue weighted by Crippen LogP contribution is -2.23. The number of hydrogen-bond donors (Lipinski definition) is 0. The predicted molar refractivity (Wildman–Crippen MR) is 103 cm³/mol. The third kappa shape index (κ3) is 3.26. The van der Waals surface area contributed by atoms with Crippen molar-refractivity contribution in [2.24, 2.45) is 0 Å². The van der Waals surface area contributed by atoms with E-state index in [1.165, 1.54) is 23.3 Å². The van der Waals surface area contributed by atoms with E-state index in [0.717, 1.165) is 24.3 Å². The van der Waals surface area contributed by atoms with E-state index >= 15 is 0 Å². The first-order valence-electron chi connectivity index (χ1n) is 9.00. The molecule has 3 aromatic rings. The second kappa shape index (κ2) is 7.20. The van der Waals surface area contributed by atoms with Crippen LogP contribution in [0.4, 0.5) is 8.78 Å². The fourth-order valence-electron chi connectivity index (χ4n) is 3.06. The maximum absolute atomic E-state index is 14.7. The Morgan fingerprint density at radius 1 is 0.923 bits per heavy atom. The minimum atomic E-state index is -0.806. The summed E-state index contributed by atoms with van der Waals surface area (Å²) in [6.07, 6.45) is 4.53. The summed E-state index contributed by atoms with van der Waals surface area (Å²) in [6, 6.07) is 14.5. The molecule has 0 N–H and O–H groups in total. The van der Waals surface area contributed by atoms with Gasteiger partial charge < -0.3 is 4.74 Å². The number of ether oxygens (including phenoxy) is 1. The van der Waals surface area contributed by atoms with E-state index in [2.05, 4.69) is 6.92 Å². The largest absolute Gasteiger partial charge is 0.481 e. The van der Waals surface area contributed by atoms with Gasteiger partial charge in [-0.3, -0.25) is 0 Å². The van der Waals surface area contributed by atoms with Gasteiger partial charge in [-0.05, 0) is 55.0 Å². The topological polar surface area (TPSA) is 9.23 Å². The summed E-state index contributed by atoms with van der Waals surface area (Å²) in [5.41, 5.74) is 2.43. The molecule has 1 saturated carbocycles. The average molecular weight is 370 g/mol. The Kier molecular flexibility index (Phi) is 4.77. The predicted octanol–water partition coefficient (Wildman–Crippen LogP) is 6.85. The first-order valence-corrected chi connectivity index (χ1v) is 9.81. The highest BCUT2D eigenvalue weighted by Gasteiger charge is 2.21. The molecule has 4 heteroatoms. The highest BCUT2D eigenvalue weighted by Crippen LogP contribution is 2.38. The van der Waals surface area contributed by atoms with Crippen molar-refractivity contribution in [2.45, 2.75) is 38.7 Å². The summed E-state index contributed by atoms with van der Waals surface area (Å²) < 4.78 is 35.3. The highest BCUT2D eigenvalue weighted by molar-refractivity contribution is 7.17. The maximum atomic E-state index is 14.7. The molecule has 1 aromatic heterocycles. The van der Waals surface area contributed by atoms with Crippen LogP contribution in [0.2, 0.25) is 0 Å². The van der Waals surface area contributed by atoms with E-state index in [1.54, 1.807) is 18.2 Å². The minimum absolute atomic E-state index is 0.275. The van der Waals surface area contributed by atoms with Crippen LogP contribution in [-0.2, 0) is 6.42 Å². The third-order valence-corrected chi connectivity index (χ3v) is 5.95. The molecule has 1 aliphatic carbocycles. The zero-order valence-electron chi connectivity index (χ0n) is 14.6. The molecular formula is C22H20F2OS. The van der Waals surface area contributed by atoms with Crippen molar-refractivity contribution in [3.63, 3.8) is 0 Å². The van der Waals surface area contributed by atoms with Gasteiger partial charge in [0.2, 0.25) is 0 Å². The molecule has 0 aliphatic heterocycles. The summed E-state index contributed by atoms with van der Waals surface area (Å²) in [7, 11) is 0. The van der Waals surface area contributed by atoms with Crippen molar-refractivity contribution in [2.75, 3.05) is 0 Å². The van der Waals surface area contributed by atoms with E-state index in [1.807, 2.05) is 30.3 Å². The van der Waals surface area contributed by atoms with Gasteiger partial charge in [0, 0.05) is 16.0 Å².